The summed E-state index contributed by atoms with van der Waals surface area (Å²) in [4.78, 5) is 11.4. The summed E-state index contributed by atoms with van der Waals surface area (Å²) in [5, 5.41) is 5.95. The normalized spacial score (nSPS) is 10.2. The lowest BCUT2D eigenvalue weighted by Crippen LogP contribution is -2.26. The lowest BCUT2D eigenvalue weighted by atomic mass is 10.1. The topological polar surface area (TPSA) is 41.1 Å². The summed E-state index contributed by atoms with van der Waals surface area (Å²) in [6.07, 6.45) is 2.36. The van der Waals surface area contributed by atoms with E-state index >= 15 is 0 Å². The van der Waals surface area contributed by atoms with Crippen LogP contribution in [0.5, 0.6) is 0 Å². The molecule has 1 rings (SSSR count). The largest absolute Gasteiger partial charge is 0.356 e. The van der Waals surface area contributed by atoms with Gasteiger partial charge in [-0.25, -0.2) is 0 Å². The second-order valence-electron chi connectivity index (χ2n) is 3.94. The van der Waals surface area contributed by atoms with Crippen LogP contribution in [0.1, 0.15) is 18.4 Å². The fourth-order valence-corrected chi connectivity index (χ4v) is 2.00. The average Bonchev–Trinajstić information content (AvgIpc) is 2.29. The molecule has 0 heterocycles. The van der Waals surface area contributed by atoms with Gasteiger partial charge in [-0.15, -0.1) is 0 Å². The van der Waals surface area contributed by atoms with Gasteiger partial charge >= 0.3 is 0 Å². The molecule has 0 atom stereocenters. The van der Waals surface area contributed by atoms with E-state index in [9.17, 15) is 4.79 Å². The van der Waals surface area contributed by atoms with E-state index in [-0.39, 0.29) is 5.91 Å². The predicted molar refractivity (Wildman–Crippen MR) is 74.0 cm³/mol. The number of hydrogen-bond acceptors (Lipinski definition) is 2. The molecule has 1 amide bonds. The van der Waals surface area contributed by atoms with Crippen molar-refractivity contribution in [3.05, 3.63) is 34.3 Å². The molecular formula is C13H19BrN2O. The van der Waals surface area contributed by atoms with Gasteiger partial charge in [-0.1, -0.05) is 28.1 Å². The average molecular weight is 299 g/mol. The molecule has 1 aromatic carbocycles. The Balaban J connectivity index is 2.17. The molecular weight excluding hydrogens is 280 g/mol. The van der Waals surface area contributed by atoms with Crippen molar-refractivity contribution in [2.45, 2.75) is 19.3 Å². The molecule has 2 N–H and O–H groups in total. The van der Waals surface area contributed by atoms with Crippen LogP contribution in [0.3, 0.4) is 0 Å². The number of amides is 1. The Hall–Kier alpha value is -0.870. The Morgan fingerprint density at radius 2 is 2.18 bits per heavy atom. The number of carbonyl (C=O) groups excluding carboxylic acids is 1. The molecule has 0 saturated heterocycles. The van der Waals surface area contributed by atoms with Crippen LogP contribution >= 0.6 is 15.9 Å². The molecule has 17 heavy (non-hydrogen) atoms. The molecule has 0 aromatic heterocycles. The van der Waals surface area contributed by atoms with Gasteiger partial charge in [0, 0.05) is 17.4 Å². The molecule has 0 fully saturated rings. The Labute approximate surface area is 111 Å². The zero-order chi connectivity index (χ0) is 12.5. The first kappa shape index (κ1) is 14.2. The first-order valence-corrected chi connectivity index (χ1v) is 6.67. The number of rotatable bonds is 7. The maximum absolute atomic E-state index is 11.4. The third-order valence-corrected chi connectivity index (χ3v) is 2.95. The smallest absolute Gasteiger partial charge is 0.220 e. The standard InChI is InChI=1S/C13H19BrN2O/c1-15-8-3-6-13(17)16-9-7-11-4-2-5-12(14)10-11/h2,4-5,10,15H,3,6-9H2,1H3,(H,16,17). The molecule has 1 aromatic rings. The highest BCUT2D eigenvalue weighted by Gasteiger charge is 2.00. The van der Waals surface area contributed by atoms with Crippen molar-refractivity contribution in [2.24, 2.45) is 0 Å². The van der Waals surface area contributed by atoms with E-state index in [0.29, 0.717) is 13.0 Å². The Morgan fingerprint density at radius 1 is 1.35 bits per heavy atom. The minimum atomic E-state index is 0.134. The minimum absolute atomic E-state index is 0.134. The van der Waals surface area contributed by atoms with Crippen LogP contribution in [0.25, 0.3) is 0 Å². The highest BCUT2D eigenvalue weighted by atomic mass is 79.9. The van der Waals surface area contributed by atoms with E-state index in [0.717, 1.165) is 23.9 Å². The lowest BCUT2D eigenvalue weighted by molar-refractivity contribution is -0.121. The Morgan fingerprint density at radius 3 is 2.88 bits per heavy atom. The van der Waals surface area contributed by atoms with Gasteiger partial charge in [0.1, 0.15) is 0 Å². The molecule has 0 bridgehead atoms. The van der Waals surface area contributed by atoms with Gasteiger partial charge in [-0.05, 0) is 44.1 Å². The second-order valence-corrected chi connectivity index (χ2v) is 4.85. The summed E-state index contributed by atoms with van der Waals surface area (Å²) in [6.45, 7) is 1.59. The Bertz CT molecular complexity index is 355. The van der Waals surface area contributed by atoms with Gasteiger partial charge in [-0.3, -0.25) is 4.79 Å². The third kappa shape index (κ3) is 6.44. The summed E-state index contributed by atoms with van der Waals surface area (Å²) in [7, 11) is 1.89. The zero-order valence-electron chi connectivity index (χ0n) is 10.1. The summed E-state index contributed by atoms with van der Waals surface area (Å²) in [6, 6.07) is 8.15. The van der Waals surface area contributed by atoms with Crippen LogP contribution < -0.4 is 10.6 Å². The van der Waals surface area contributed by atoms with E-state index in [1.54, 1.807) is 0 Å². The summed E-state index contributed by atoms with van der Waals surface area (Å²) < 4.78 is 1.08. The van der Waals surface area contributed by atoms with Crippen molar-refractivity contribution >= 4 is 21.8 Å². The van der Waals surface area contributed by atoms with Crippen LogP contribution in [0, 0.1) is 0 Å². The molecule has 0 aliphatic carbocycles. The molecule has 94 valence electrons. The number of benzene rings is 1. The van der Waals surface area contributed by atoms with Crippen molar-refractivity contribution in [1.29, 1.82) is 0 Å². The van der Waals surface area contributed by atoms with Crippen LogP contribution in [0.2, 0.25) is 0 Å². The van der Waals surface area contributed by atoms with Gasteiger partial charge in [0.25, 0.3) is 0 Å². The van der Waals surface area contributed by atoms with Crippen LogP contribution in [-0.4, -0.2) is 26.0 Å². The maximum atomic E-state index is 11.4. The molecule has 0 spiro atoms. The van der Waals surface area contributed by atoms with E-state index in [2.05, 4.69) is 38.7 Å². The number of carbonyl (C=O) groups is 1. The predicted octanol–water partition coefficient (Wildman–Crippen LogP) is 2.11. The quantitative estimate of drug-likeness (QED) is 0.757. The summed E-state index contributed by atoms with van der Waals surface area (Å²) in [5.74, 6) is 0.134. The number of halogens is 1. The zero-order valence-corrected chi connectivity index (χ0v) is 11.7. The molecule has 0 saturated carbocycles. The fraction of sp³-hybridized carbons (Fsp3) is 0.462. The molecule has 3 nitrogen and oxygen atoms in total. The first-order chi connectivity index (χ1) is 8.22. The van der Waals surface area contributed by atoms with E-state index in [1.165, 1.54) is 5.56 Å². The number of hydrogen-bond donors (Lipinski definition) is 2. The van der Waals surface area contributed by atoms with Crippen molar-refractivity contribution < 1.29 is 4.79 Å². The lowest BCUT2D eigenvalue weighted by Gasteiger charge is -2.05. The highest BCUT2D eigenvalue weighted by molar-refractivity contribution is 9.10. The van der Waals surface area contributed by atoms with E-state index in [4.69, 9.17) is 0 Å². The van der Waals surface area contributed by atoms with Gasteiger partial charge < -0.3 is 10.6 Å². The monoisotopic (exact) mass is 298 g/mol. The first-order valence-electron chi connectivity index (χ1n) is 5.88. The molecule has 0 unspecified atom stereocenters. The van der Waals surface area contributed by atoms with Crippen molar-refractivity contribution in [1.82, 2.24) is 10.6 Å². The SMILES string of the molecule is CNCCCC(=O)NCCc1cccc(Br)c1. The van der Waals surface area contributed by atoms with Crippen LogP contribution in [0.15, 0.2) is 28.7 Å². The van der Waals surface area contributed by atoms with Gasteiger partial charge in [0.15, 0.2) is 0 Å². The molecule has 4 heteroatoms. The molecule has 0 radical (unpaired) electrons. The van der Waals surface area contributed by atoms with Gasteiger partial charge in [0.05, 0.1) is 0 Å². The number of nitrogens with one attached hydrogen (secondary N) is 2. The van der Waals surface area contributed by atoms with Crippen molar-refractivity contribution in [2.75, 3.05) is 20.1 Å². The van der Waals surface area contributed by atoms with Crippen LogP contribution in [0.4, 0.5) is 0 Å². The van der Waals surface area contributed by atoms with Gasteiger partial charge in [0.2, 0.25) is 5.91 Å². The summed E-state index contributed by atoms with van der Waals surface area (Å²) in [5.41, 5.74) is 1.23. The second kappa shape index (κ2) is 8.25. The van der Waals surface area contributed by atoms with Crippen molar-refractivity contribution in [3.63, 3.8) is 0 Å². The molecule has 0 aliphatic heterocycles. The Kier molecular flexibility index (Phi) is 6.89. The highest BCUT2D eigenvalue weighted by Crippen LogP contribution is 2.11. The maximum Gasteiger partial charge on any atom is 0.220 e. The fourth-order valence-electron chi connectivity index (χ4n) is 1.55. The minimum Gasteiger partial charge on any atom is -0.356 e. The van der Waals surface area contributed by atoms with Crippen LogP contribution in [-0.2, 0) is 11.2 Å². The molecule has 0 aliphatic rings. The van der Waals surface area contributed by atoms with Gasteiger partial charge in [-0.2, -0.15) is 0 Å². The third-order valence-electron chi connectivity index (χ3n) is 2.46. The van der Waals surface area contributed by atoms with E-state index in [1.807, 2.05) is 19.2 Å². The van der Waals surface area contributed by atoms with Crippen molar-refractivity contribution in [3.8, 4) is 0 Å². The summed E-state index contributed by atoms with van der Waals surface area (Å²) >= 11 is 3.43. The van der Waals surface area contributed by atoms with E-state index < -0.39 is 0 Å².